The quantitative estimate of drug-likeness (QED) is 0.749. The van der Waals surface area contributed by atoms with E-state index in [2.05, 4.69) is 4.72 Å². The Balaban J connectivity index is 2.36. The smallest absolute Gasteiger partial charge is 0.212 e. The van der Waals surface area contributed by atoms with Crippen molar-refractivity contribution in [2.24, 2.45) is 0 Å². The lowest BCUT2D eigenvalue weighted by Gasteiger charge is -2.11. The van der Waals surface area contributed by atoms with Crippen molar-refractivity contribution in [3.63, 3.8) is 0 Å². The predicted octanol–water partition coefficient (Wildman–Crippen LogP) is 1.31. The van der Waals surface area contributed by atoms with Crippen LogP contribution >= 0.6 is 0 Å². The molecule has 0 aromatic heterocycles. The molecule has 102 valence electrons. The van der Waals surface area contributed by atoms with Gasteiger partial charge in [-0.05, 0) is 18.4 Å². The molecular formula is C13H21NO3S. The van der Waals surface area contributed by atoms with E-state index in [4.69, 9.17) is 0 Å². The fourth-order valence-corrected chi connectivity index (χ4v) is 2.72. The van der Waals surface area contributed by atoms with Crippen molar-refractivity contribution < 1.29 is 13.5 Å². The third-order valence-electron chi connectivity index (χ3n) is 2.66. The highest BCUT2D eigenvalue weighted by Gasteiger charge is 2.12. The first kappa shape index (κ1) is 15.1. The van der Waals surface area contributed by atoms with Gasteiger partial charge in [0.1, 0.15) is 0 Å². The van der Waals surface area contributed by atoms with Gasteiger partial charge >= 0.3 is 0 Å². The molecule has 0 heterocycles. The van der Waals surface area contributed by atoms with Crippen molar-refractivity contribution in [2.75, 3.05) is 12.3 Å². The normalized spacial score (nSPS) is 13.4. The van der Waals surface area contributed by atoms with Crippen LogP contribution in [0.4, 0.5) is 0 Å². The van der Waals surface area contributed by atoms with Gasteiger partial charge in [0.25, 0.3) is 0 Å². The van der Waals surface area contributed by atoms with Crippen LogP contribution in [-0.4, -0.2) is 31.9 Å². The van der Waals surface area contributed by atoms with Crippen molar-refractivity contribution >= 4 is 10.0 Å². The van der Waals surface area contributed by atoms with Crippen molar-refractivity contribution in [1.29, 1.82) is 0 Å². The van der Waals surface area contributed by atoms with Gasteiger partial charge < -0.3 is 5.11 Å². The van der Waals surface area contributed by atoms with Crippen LogP contribution in [0, 0.1) is 0 Å². The Bertz CT molecular complexity index is 431. The van der Waals surface area contributed by atoms with Gasteiger partial charge in [0.2, 0.25) is 10.0 Å². The lowest BCUT2D eigenvalue weighted by Crippen LogP contribution is -2.34. The molecule has 0 saturated carbocycles. The minimum atomic E-state index is -3.30. The average molecular weight is 271 g/mol. The van der Waals surface area contributed by atoms with Crippen LogP contribution in [0.25, 0.3) is 0 Å². The number of aryl methyl sites for hydroxylation is 1. The number of hydrogen-bond acceptors (Lipinski definition) is 3. The summed E-state index contributed by atoms with van der Waals surface area (Å²) in [5, 5.41) is 9.47. The lowest BCUT2D eigenvalue weighted by molar-refractivity contribution is 0.167. The zero-order valence-electron chi connectivity index (χ0n) is 10.7. The Labute approximate surface area is 109 Å². The standard InChI is InChI=1S/C13H21NO3S/c1-2-6-13(15)11-14-18(16,17)10-9-12-7-4-3-5-8-12/h3-5,7-8,13-15H,2,6,9-11H2,1H3. The maximum absolute atomic E-state index is 11.7. The summed E-state index contributed by atoms with van der Waals surface area (Å²) in [6.45, 7) is 2.05. The number of benzene rings is 1. The molecule has 0 aliphatic rings. The molecule has 4 nitrogen and oxygen atoms in total. The van der Waals surface area contributed by atoms with Crippen LogP contribution in [0.1, 0.15) is 25.3 Å². The van der Waals surface area contributed by atoms with E-state index in [1.807, 2.05) is 37.3 Å². The topological polar surface area (TPSA) is 66.4 Å². The molecule has 0 saturated heterocycles. The van der Waals surface area contributed by atoms with E-state index < -0.39 is 16.1 Å². The number of sulfonamides is 1. The number of aliphatic hydroxyl groups is 1. The average Bonchev–Trinajstić information content (AvgIpc) is 2.36. The van der Waals surface area contributed by atoms with E-state index in [0.717, 1.165) is 12.0 Å². The van der Waals surface area contributed by atoms with Gasteiger partial charge in [0.15, 0.2) is 0 Å². The van der Waals surface area contributed by atoms with Crippen molar-refractivity contribution in [1.82, 2.24) is 4.72 Å². The number of aliphatic hydroxyl groups excluding tert-OH is 1. The summed E-state index contributed by atoms with van der Waals surface area (Å²) >= 11 is 0. The molecule has 0 aliphatic heterocycles. The molecule has 2 N–H and O–H groups in total. The molecular weight excluding hydrogens is 250 g/mol. The van der Waals surface area contributed by atoms with E-state index in [1.165, 1.54) is 0 Å². The molecule has 0 radical (unpaired) electrons. The molecule has 0 aliphatic carbocycles. The van der Waals surface area contributed by atoms with Crippen LogP contribution < -0.4 is 4.72 Å². The first-order valence-electron chi connectivity index (χ1n) is 6.23. The van der Waals surface area contributed by atoms with Gasteiger partial charge in [-0.2, -0.15) is 0 Å². The van der Waals surface area contributed by atoms with Crippen molar-refractivity contribution in [3.8, 4) is 0 Å². The van der Waals surface area contributed by atoms with Crippen LogP contribution in [-0.2, 0) is 16.4 Å². The van der Waals surface area contributed by atoms with E-state index in [-0.39, 0.29) is 12.3 Å². The Morgan fingerprint density at radius 1 is 1.28 bits per heavy atom. The number of rotatable bonds is 8. The Morgan fingerprint density at radius 3 is 2.56 bits per heavy atom. The lowest BCUT2D eigenvalue weighted by atomic mass is 10.2. The van der Waals surface area contributed by atoms with Crippen LogP contribution in [0.15, 0.2) is 30.3 Å². The molecule has 1 aromatic rings. The minimum absolute atomic E-state index is 0.0514. The molecule has 18 heavy (non-hydrogen) atoms. The highest BCUT2D eigenvalue weighted by atomic mass is 32.2. The first-order chi connectivity index (χ1) is 8.53. The second kappa shape index (κ2) is 7.51. The summed E-state index contributed by atoms with van der Waals surface area (Å²) in [5.74, 6) is 0.0514. The van der Waals surface area contributed by atoms with Crippen molar-refractivity contribution in [3.05, 3.63) is 35.9 Å². The van der Waals surface area contributed by atoms with E-state index in [0.29, 0.717) is 12.8 Å². The van der Waals surface area contributed by atoms with E-state index in [1.54, 1.807) is 0 Å². The molecule has 5 heteroatoms. The van der Waals surface area contributed by atoms with Crippen LogP contribution in [0.5, 0.6) is 0 Å². The Kier molecular flexibility index (Phi) is 6.32. The molecule has 0 spiro atoms. The van der Waals surface area contributed by atoms with Gasteiger partial charge in [0, 0.05) is 6.54 Å². The summed E-state index contributed by atoms with van der Waals surface area (Å²) in [7, 11) is -3.30. The largest absolute Gasteiger partial charge is 0.392 e. The maximum Gasteiger partial charge on any atom is 0.212 e. The monoisotopic (exact) mass is 271 g/mol. The molecule has 1 aromatic carbocycles. The summed E-state index contributed by atoms with van der Waals surface area (Å²) in [6, 6.07) is 9.49. The molecule has 1 atom stereocenters. The minimum Gasteiger partial charge on any atom is -0.392 e. The zero-order chi connectivity index (χ0) is 13.4. The third-order valence-corrected chi connectivity index (χ3v) is 4.01. The van der Waals surface area contributed by atoms with Crippen molar-refractivity contribution in [2.45, 2.75) is 32.3 Å². The van der Waals surface area contributed by atoms with Gasteiger partial charge in [-0.1, -0.05) is 43.7 Å². The van der Waals surface area contributed by atoms with Gasteiger partial charge in [-0.15, -0.1) is 0 Å². The number of hydrogen-bond donors (Lipinski definition) is 2. The molecule has 1 unspecified atom stereocenters. The Hall–Kier alpha value is -0.910. The summed E-state index contributed by atoms with van der Waals surface area (Å²) in [6.07, 6.45) is 1.34. The molecule has 0 fully saturated rings. The number of nitrogens with one attached hydrogen (secondary N) is 1. The fraction of sp³-hybridized carbons (Fsp3) is 0.538. The molecule has 0 amide bonds. The highest BCUT2D eigenvalue weighted by Crippen LogP contribution is 2.02. The predicted molar refractivity (Wildman–Crippen MR) is 72.9 cm³/mol. The van der Waals surface area contributed by atoms with Gasteiger partial charge in [-0.3, -0.25) is 0 Å². The van der Waals surface area contributed by atoms with Crippen LogP contribution in [0.3, 0.4) is 0 Å². The summed E-state index contributed by atoms with van der Waals surface area (Å²) < 4.78 is 25.8. The Morgan fingerprint density at radius 2 is 1.94 bits per heavy atom. The molecule has 1 rings (SSSR count). The van der Waals surface area contributed by atoms with E-state index in [9.17, 15) is 13.5 Å². The summed E-state index contributed by atoms with van der Waals surface area (Å²) in [5.41, 5.74) is 0.997. The fourth-order valence-electron chi connectivity index (χ4n) is 1.63. The zero-order valence-corrected chi connectivity index (χ0v) is 11.5. The summed E-state index contributed by atoms with van der Waals surface area (Å²) in [4.78, 5) is 0. The highest BCUT2D eigenvalue weighted by molar-refractivity contribution is 7.89. The third kappa shape index (κ3) is 6.14. The van der Waals surface area contributed by atoms with Gasteiger partial charge in [0.05, 0.1) is 11.9 Å². The second-order valence-electron chi connectivity index (χ2n) is 4.35. The van der Waals surface area contributed by atoms with Crippen LogP contribution in [0.2, 0.25) is 0 Å². The van der Waals surface area contributed by atoms with Gasteiger partial charge in [-0.25, -0.2) is 13.1 Å². The molecule has 0 bridgehead atoms. The maximum atomic E-state index is 11.7. The first-order valence-corrected chi connectivity index (χ1v) is 7.88. The van der Waals surface area contributed by atoms with E-state index >= 15 is 0 Å². The SMILES string of the molecule is CCCC(O)CNS(=O)(=O)CCc1ccccc1. The second-order valence-corrected chi connectivity index (χ2v) is 6.27.